The molecule has 0 aliphatic carbocycles. The first kappa shape index (κ1) is 24.0. The Morgan fingerprint density at radius 2 is 1.82 bits per heavy atom. The summed E-state index contributed by atoms with van der Waals surface area (Å²) in [6.45, 7) is 5.65. The first-order valence-corrected chi connectivity index (χ1v) is 11.5. The number of aliphatic hydroxyl groups is 1. The lowest BCUT2D eigenvalue weighted by atomic mass is 9.92. The standard InChI is InChI=1S/C26H32FN3O4/c1-20-16-28-30(17-20)13-14-33-24-8-3-21(15-25(24)32-2)18-29-11-9-26(31,10-12-29)19-34-23-6-4-22(27)5-7-23/h3-8,15-17,31H,9-14,18-19H2,1-2H3. The minimum atomic E-state index is -0.882. The van der Waals surface area contributed by atoms with Gasteiger partial charge in [-0.05, 0) is 67.3 Å². The van der Waals surface area contributed by atoms with E-state index in [9.17, 15) is 9.50 Å². The monoisotopic (exact) mass is 469 g/mol. The number of hydrogen-bond acceptors (Lipinski definition) is 6. The molecule has 0 saturated carbocycles. The third-order valence-electron chi connectivity index (χ3n) is 6.08. The van der Waals surface area contributed by atoms with Crippen LogP contribution in [0, 0.1) is 12.7 Å². The van der Waals surface area contributed by atoms with Gasteiger partial charge in [-0.15, -0.1) is 0 Å². The Labute approximate surface area is 199 Å². The van der Waals surface area contributed by atoms with Gasteiger partial charge in [-0.1, -0.05) is 6.07 Å². The van der Waals surface area contributed by atoms with E-state index in [4.69, 9.17) is 14.2 Å². The summed E-state index contributed by atoms with van der Waals surface area (Å²) in [5, 5.41) is 15.2. The summed E-state index contributed by atoms with van der Waals surface area (Å²) in [6, 6.07) is 11.9. The molecular formula is C26H32FN3O4. The van der Waals surface area contributed by atoms with E-state index in [1.54, 1.807) is 19.2 Å². The van der Waals surface area contributed by atoms with Crippen molar-refractivity contribution in [3.63, 3.8) is 0 Å². The molecule has 0 bridgehead atoms. The molecule has 0 radical (unpaired) electrons. The van der Waals surface area contributed by atoms with E-state index in [2.05, 4.69) is 10.00 Å². The molecule has 8 heteroatoms. The number of hydrogen-bond donors (Lipinski definition) is 1. The van der Waals surface area contributed by atoms with Crippen LogP contribution < -0.4 is 14.2 Å². The molecule has 1 aromatic heterocycles. The minimum Gasteiger partial charge on any atom is -0.493 e. The zero-order chi connectivity index (χ0) is 24.0. The number of halogens is 1. The summed E-state index contributed by atoms with van der Waals surface area (Å²) in [4.78, 5) is 2.31. The maximum atomic E-state index is 13.0. The van der Waals surface area contributed by atoms with Crippen molar-refractivity contribution < 1.29 is 23.7 Å². The van der Waals surface area contributed by atoms with Crippen LogP contribution in [0.3, 0.4) is 0 Å². The molecule has 4 rings (SSSR count). The van der Waals surface area contributed by atoms with Crippen LogP contribution in [0.25, 0.3) is 0 Å². The molecule has 0 amide bonds. The molecule has 3 aromatic rings. The van der Waals surface area contributed by atoms with Crippen molar-refractivity contribution in [2.75, 3.05) is 33.4 Å². The maximum absolute atomic E-state index is 13.0. The van der Waals surface area contributed by atoms with Gasteiger partial charge in [0.05, 0.1) is 19.9 Å². The normalized spacial score (nSPS) is 15.8. The van der Waals surface area contributed by atoms with Gasteiger partial charge < -0.3 is 19.3 Å². The number of nitrogens with zero attached hydrogens (tertiary/aromatic N) is 3. The van der Waals surface area contributed by atoms with E-state index in [1.807, 2.05) is 42.2 Å². The average molecular weight is 470 g/mol. The maximum Gasteiger partial charge on any atom is 0.161 e. The third kappa shape index (κ3) is 6.48. The molecule has 182 valence electrons. The van der Waals surface area contributed by atoms with Crippen molar-refractivity contribution in [1.29, 1.82) is 0 Å². The third-order valence-corrected chi connectivity index (χ3v) is 6.08. The molecule has 1 saturated heterocycles. The van der Waals surface area contributed by atoms with E-state index in [0.29, 0.717) is 43.2 Å². The molecule has 7 nitrogen and oxygen atoms in total. The Morgan fingerprint density at radius 3 is 2.50 bits per heavy atom. The topological polar surface area (TPSA) is 69.0 Å². The summed E-state index contributed by atoms with van der Waals surface area (Å²) in [5.74, 6) is 1.67. The second kappa shape index (κ2) is 10.9. The van der Waals surface area contributed by atoms with E-state index < -0.39 is 5.60 Å². The minimum absolute atomic E-state index is 0.199. The molecule has 1 fully saturated rings. The molecular weight excluding hydrogens is 437 g/mol. The molecule has 1 aliphatic heterocycles. The summed E-state index contributed by atoms with van der Waals surface area (Å²) < 4.78 is 32.1. The van der Waals surface area contributed by atoms with Gasteiger partial charge in [-0.3, -0.25) is 9.58 Å². The first-order chi connectivity index (χ1) is 16.4. The number of aryl methyl sites for hydroxylation is 1. The molecule has 1 aliphatic rings. The van der Waals surface area contributed by atoms with Crippen LogP contribution in [-0.2, 0) is 13.1 Å². The Hall–Kier alpha value is -3.10. The fraction of sp³-hybridized carbons (Fsp3) is 0.423. The Bertz CT molecular complexity index is 1060. The van der Waals surface area contributed by atoms with Gasteiger partial charge in [-0.2, -0.15) is 5.10 Å². The van der Waals surface area contributed by atoms with Gasteiger partial charge >= 0.3 is 0 Å². The number of ether oxygens (including phenoxy) is 3. The van der Waals surface area contributed by atoms with Gasteiger partial charge in [0.2, 0.25) is 0 Å². The number of methoxy groups -OCH3 is 1. The Morgan fingerprint density at radius 1 is 1.06 bits per heavy atom. The smallest absolute Gasteiger partial charge is 0.161 e. The van der Waals surface area contributed by atoms with E-state index in [-0.39, 0.29) is 12.4 Å². The van der Waals surface area contributed by atoms with Gasteiger partial charge in [0.15, 0.2) is 11.5 Å². The Kier molecular flexibility index (Phi) is 7.70. The zero-order valence-electron chi connectivity index (χ0n) is 19.7. The highest BCUT2D eigenvalue weighted by atomic mass is 19.1. The van der Waals surface area contributed by atoms with Crippen LogP contribution >= 0.6 is 0 Å². The van der Waals surface area contributed by atoms with Crippen molar-refractivity contribution in [1.82, 2.24) is 14.7 Å². The fourth-order valence-corrected chi connectivity index (χ4v) is 4.05. The van der Waals surface area contributed by atoms with Crippen LogP contribution in [0.2, 0.25) is 0 Å². The zero-order valence-corrected chi connectivity index (χ0v) is 19.7. The molecule has 0 atom stereocenters. The van der Waals surface area contributed by atoms with Gasteiger partial charge in [0.25, 0.3) is 0 Å². The van der Waals surface area contributed by atoms with Crippen LogP contribution in [0.5, 0.6) is 17.2 Å². The molecule has 0 spiro atoms. The number of likely N-dealkylation sites (tertiary alicyclic amines) is 1. The van der Waals surface area contributed by atoms with E-state index in [0.717, 1.165) is 30.8 Å². The van der Waals surface area contributed by atoms with Gasteiger partial charge in [0, 0.05) is 25.8 Å². The predicted octanol–water partition coefficient (Wildman–Crippen LogP) is 3.82. The summed E-state index contributed by atoms with van der Waals surface area (Å²) >= 11 is 0. The molecule has 0 unspecified atom stereocenters. The largest absolute Gasteiger partial charge is 0.493 e. The summed E-state index contributed by atoms with van der Waals surface area (Å²) in [7, 11) is 1.64. The van der Waals surface area contributed by atoms with Crippen LogP contribution in [0.15, 0.2) is 54.9 Å². The molecule has 1 N–H and O–H groups in total. The highest BCUT2D eigenvalue weighted by Crippen LogP contribution is 2.30. The quantitative estimate of drug-likeness (QED) is 0.487. The highest BCUT2D eigenvalue weighted by Gasteiger charge is 2.33. The van der Waals surface area contributed by atoms with Crippen molar-refractivity contribution in [3.05, 3.63) is 71.8 Å². The predicted molar refractivity (Wildman–Crippen MR) is 127 cm³/mol. The molecule has 2 heterocycles. The van der Waals surface area contributed by atoms with E-state index in [1.165, 1.54) is 12.1 Å². The Balaban J connectivity index is 1.25. The fourth-order valence-electron chi connectivity index (χ4n) is 4.05. The van der Waals surface area contributed by atoms with Crippen molar-refractivity contribution in [2.45, 2.75) is 38.5 Å². The lowest BCUT2D eigenvalue weighted by Gasteiger charge is -2.38. The number of piperidine rings is 1. The number of benzene rings is 2. The van der Waals surface area contributed by atoms with Crippen LogP contribution in [0.4, 0.5) is 4.39 Å². The van der Waals surface area contributed by atoms with Crippen molar-refractivity contribution in [3.8, 4) is 17.2 Å². The lowest BCUT2D eigenvalue weighted by molar-refractivity contribution is -0.0537. The number of aromatic nitrogens is 2. The highest BCUT2D eigenvalue weighted by molar-refractivity contribution is 5.43. The first-order valence-electron chi connectivity index (χ1n) is 11.5. The van der Waals surface area contributed by atoms with E-state index >= 15 is 0 Å². The average Bonchev–Trinajstić information content (AvgIpc) is 3.26. The molecule has 2 aromatic carbocycles. The SMILES string of the molecule is COc1cc(CN2CCC(O)(COc3ccc(F)cc3)CC2)ccc1OCCn1cc(C)cn1. The second-order valence-electron chi connectivity index (χ2n) is 8.86. The summed E-state index contributed by atoms with van der Waals surface area (Å²) in [5.41, 5.74) is 1.37. The summed E-state index contributed by atoms with van der Waals surface area (Å²) in [6.07, 6.45) is 5.03. The second-order valence-corrected chi connectivity index (χ2v) is 8.86. The van der Waals surface area contributed by atoms with Crippen LogP contribution in [-0.4, -0.2) is 58.8 Å². The number of rotatable bonds is 10. The van der Waals surface area contributed by atoms with Crippen molar-refractivity contribution in [2.24, 2.45) is 0 Å². The van der Waals surface area contributed by atoms with Gasteiger partial charge in [0.1, 0.15) is 30.4 Å². The van der Waals surface area contributed by atoms with Crippen LogP contribution in [0.1, 0.15) is 24.0 Å². The van der Waals surface area contributed by atoms with Crippen molar-refractivity contribution >= 4 is 0 Å². The molecule has 34 heavy (non-hydrogen) atoms. The lowest BCUT2D eigenvalue weighted by Crippen LogP contribution is -2.47. The van der Waals surface area contributed by atoms with Gasteiger partial charge in [-0.25, -0.2) is 4.39 Å².